The van der Waals surface area contributed by atoms with Gasteiger partial charge in [0.1, 0.15) is 30.4 Å². The van der Waals surface area contributed by atoms with E-state index in [0.717, 1.165) is 38.5 Å². The Kier molecular flexibility index (Phi) is 11.2. The molecule has 6 rings (SSSR count). The number of nitro groups is 1. The first-order valence-corrected chi connectivity index (χ1v) is 19.0. The maximum Gasteiger partial charge on any atom is 0.434 e. The van der Waals surface area contributed by atoms with Crippen molar-refractivity contribution in [3.8, 4) is 11.6 Å². The van der Waals surface area contributed by atoms with Gasteiger partial charge in [0, 0.05) is 31.7 Å². The van der Waals surface area contributed by atoms with Gasteiger partial charge in [-0.25, -0.2) is 23.0 Å². The van der Waals surface area contributed by atoms with E-state index in [1.165, 1.54) is 28.3 Å². The smallest absolute Gasteiger partial charge is 0.434 e. The van der Waals surface area contributed by atoms with Crippen molar-refractivity contribution >= 4 is 44.3 Å². The first kappa shape index (κ1) is 36.9. The summed E-state index contributed by atoms with van der Waals surface area (Å²) in [5.41, 5.74) is 1.20. The van der Waals surface area contributed by atoms with Crippen molar-refractivity contribution < 1.29 is 27.6 Å². The second-order valence-electron chi connectivity index (χ2n) is 13.3. The lowest BCUT2D eigenvalue weighted by molar-refractivity contribution is -0.396. The van der Waals surface area contributed by atoms with E-state index in [1.54, 1.807) is 25.4 Å². The molecule has 1 N–H and O–H groups in total. The topological polar surface area (TPSA) is 196 Å². The minimum Gasteiger partial charge on any atom is -0.489 e. The number of pyridine rings is 2. The zero-order valence-electron chi connectivity index (χ0n) is 30.0. The Morgan fingerprint density at radius 2 is 1.77 bits per heavy atom. The molecule has 280 valence electrons. The van der Waals surface area contributed by atoms with Gasteiger partial charge in [-0.2, -0.15) is 4.98 Å². The first-order valence-electron chi connectivity index (χ1n) is 17.2. The number of hydrogen-bond acceptors (Lipinski definition) is 15. The summed E-state index contributed by atoms with van der Waals surface area (Å²) in [7, 11) is 1.56. The summed E-state index contributed by atoms with van der Waals surface area (Å²) in [5, 5.41) is 15.5. The molecule has 52 heavy (non-hydrogen) atoms. The maximum absolute atomic E-state index is 13.3. The van der Waals surface area contributed by atoms with E-state index in [1.807, 2.05) is 25.1 Å². The van der Waals surface area contributed by atoms with Gasteiger partial charge in [-0.15, -0.1) is 0 Å². The molecule has 2 aliphatic rings. The highest BCUT2D eigenvalue weighted by Gasteiger charge is 2.33. The van der Waals surface area contributed by atoms with Crippen molar-refractivity contribution in [2.45, 2.75) is 50.8 Å². The van der Waals surface area contributed by atoms with Gasteiger partial charge in [-0.3, -0.25) is 9.29 Å². The van der Waals surface area contributed by atoms with Crippen LogP contribution in [0.4, 0.5) is 23.4 Å². The summed E-state index contributed by atoms with van der Waals surface area (Å²) in [6, 6.07) is 2.89. The Bertz CT molecular complexity index is 1960. The van der Waals surface area contributed by atoms with Crippen LogP contribution >= 0.6 is 0 Å². The Morgan fingerprint density at radius 3 is 2.40 bits per heavy atom. The van der Waals surface area contributed by atoms with E-state index < -0.39 is 26.9 Å². The van der Waals surface area contributed by atoms with Gasteiger partial charge in [-0.05, 0) is 57.7 Å². The monoisotopic (exact) mass is 739 g/mol. The minimum atomic E-state index is -3.90. The Morgan fingerprint density at radius 1 is 1.06 bits per heavy atom. The van der Waals surface area contributed by atoms with E-state index >= 15 is 0 Å². The van der Waals surface area contributed by atoms with Gasteiger partial charge in [0.15, 0.2) is 5.75 Å². The molecule has 2 fully saturated rings. The number of anilines is 3. The van der Waals surface area contributed by atoms with E-state index in [2.05, 4.69) is 25.2 Å². The van der Waals surface area contributed by atoms with Crippen LogP contribution in [0.25, 0.3) is 10.9 Å². The van der Waals surface area contributed by atoms with E-state index in [-0.39, 0.29) is 17.8 Å². The second-order valence-corrected chi connectivity index (χ2v) is 15.2. The fourth-order valence-corrected chi connectivity index (χ4v) is 7.67. The van der Waals surface area contributed by atoms with Crippen molar-refractivity contribution in [2.24, 2.45) is 7.05 Å². The number of nitrogens with one attached hydrogen (secondary N) is 1. The highest BCUT2D eigenvalue weighted by molar-refractivity contribution is 7.92. The lowest BCUT2D eigenvalue weighted by Gasteiger charge is -2.31. The molecule has 1 saturated carbocycles. The predicted octanol–water partition coefficient (Wildman–Crippen LogP) is 3.17. The molecule has 0 amide bonds. The summed E-state index contributed by atoms with van der Waals surface area (Å²) >= 11 is 0. The highest BCUT2D eigenvalue weighted by Crippen LogP contribution is 2.37. The van der Waals surface area contributed by atoms with Crippen LogP contribution in [0.5, 0.6) is 11.6 Å². The van der Waals surface area contributed by atoms with Crippen LogP contribution in [0.3, 0.4) is 0 Å². The molecule has 19 heteroatoms. The van der Waals surface area contributed by atoms with Crippen molar-refractivity contribution in [3.63, 3.8) is 0 Å². The predicted molar refractivity (Wildman–Crippen MR) is 195 cm³/mol. The highest BCUT2D eigenvalue weighted by atomic mass is 32.2. The molecule has 1 aliphatic carbocycles. The third kappa shape index (κ3) is 8.59. The summed E-state index contributed by atoms with van der Waals surface area (Å²) in [5.74, 6) is 1.83. The number of aromatic nitrogens is 6. The third-order valence-electron chi connectivity index (χ3n) is 9.23. The van der Waals surface area contributed by atoms with Gasteiger partial charge in [-0.1, -0.05) is 4.98 Å². The third-order valence-corrected chi connectivity index (χ3v) is 10.5. The zero-order chi connectivity index (χ0) is 37.0. The number of ether oxygens (including phenoxy) is 3. The molecule has 0 aromatic carbocycles. The van der Waals surface area contributed by atoms with Crippen LogP contribution in [0.15, 0.2) is 36.9 Å². The van der Waals surface area contributed by atoms with E-state index in [9.17, 15) is 18.5 Å². The number of morpholine rings is 1. The summed E-state index contributed by atoms with van der Waals surface area (Å²) < 4.78 is 46.9. The quantitative estimate of drug-likeness (QED) is 0.146. The van der Waals surface area contributed by atoms with Crippen LogP contribution in [-0.2, 0) is 21.8 Å². The number of hydrogen-bond donors (Lipinski definition) is 1. The molecular formula is C33H45N11O7S. The number of nitrogens with zero attached hydrogens (tertiary/aromatic N) is 10. The Balaban J connectivity index is 1.23. The second kappa shape index (κ2) is 15.8. The van der Waals surface area contributed by atoms with Crippen LogP contribution in [-0.4, -0.2) is 120 Å². The number of rotatable bonds is 14. The molecule has 1 unspecified atom stereocenters. The first-order chi connectivity index (χ1) is 24.9. The maximum atomic E-state index is 13.3. The van der Waals surface area contributed by atoms with Crippen LogP contribution in [0.1, 0.15) is 44.3 Å². The van der Waals surface area contributed by atoms with Gasteiger partial charge in [0.2, 0.25) is 21.9 Å². The molecule has 1 atom stereocenters. The Labute approximate surface area is 302 Å². The van der Waals surface area contributed by atoms with E-state index in [4.69, 9.17) is 24.2 Å². The van der Waals surface area contributed by atoms with Crippen LogP contribution < -0.4 is 24.0 Å². The summed E-state index contributed by atoms with van der Waals surface area (Å²) in [6.07, 6.45) is 10.2. The molecule has 4 aromatic heterocycles. The SMILES string of the molecule is CC(c1cnc([N+](=O)[O-])n1C)N(c1cnc2cc(N3CCOCC3)nc(OC3CCC(Nc4ncc(OCCN(C)C)cn4)CC3)c2c1)S(C)(=O)=O. The van der Waals surface area contributed by atoms with Crippen molar-refractivity contribution in [1.82, 2.24) is 34.4 Å². The zero-order valence-corrected chi connectivity index (χ0v) is 30.8. The van der Waals surface area contributed by atoms with Crippen LogP contribution in [0, 0.1) is 10.1 Å². The van der Waals surface area contributed by atoms with Gasteiger partial charge >= 0.3 is 5.95 Å². The molecule has 18 nitrogen and oxygen atoms in total. The average Bonchev–Trinajstić information content (AvgIpc) is 3.51. The average molecular weight is 740 g/mol. The fraction of sp³-hybridized carbons (Fsp3) is 0.545. The van der Waals surface area contributed by atoms with E-state index in [0.29, 0.717) is 72.9 Å². The number of imidazole rings is 1. The molecule has 0 bridgehead atoms. The lowest BCUT2D eigenvalue weighted by Crippen LogP contribution is -2.37. The van der Waals surface area contributed by atoms with Crippen molar-refractivity contribution in [2.75, 3.05) is 74.3 Å². The number of fused-ring (bicyclic) bond motifs is 1. The largest absolute Gasteiger partial charge is 0.489 e. The molecule has 4 aromatic rings. The summed E-state index contributed by atoms with van der Waals surface area (Å²) in [4.78, 5) is 37.4. The van der Waals surface area contributed by atoms with Gasteiger partial charge in [0.05, 0.1) is 67.7 Å². The summed E-state index contributed by atoms with van der Waals surface area (Å²) in [6.45, 7) is 5.46. The lowest BCUT2D eigenvalue weighted by atomic mass is 9.93. The number of sulfonamides is 1. The van der Waals surface area contributed by atoms with Crippen LogP contribution in [0.2, 0.25) is 0 Å². The standard InChI is InChI=1S/C33H45N11O7S/c1-22(29-21-37-33(41(29)4)44(45)46)43(52(5,47)48)24-16-27-28(34-18-24)17-30(42-11-13-49-14-12-42)39-31(27)51-25-8-6-23(7-9-25)38-32-35-19-26(20-36-32)50-15-10-40(2)3/h16-23,25H,6-15H2,1-5H3,(H,35,36,38). The molecule has 1 aliphatic heterocycles. The molecule has 0 radical (unpaired) electrons. The normalized spacial score (nSPS) is 18.7. The molecule has 0 spiro atoms. The van der Waals surface area contributed by atoms with Crippen molar-refractivity contribution in [3.05, 3.63) is 52.7 Å². The Hall–Kier alpha value is -4.88. The molecule has 5 heterocycles. The molecular weight excluding hydrogens is 695 g/mol. The minimum absolute atomic E-state index is 0.148. The number of likely N-dealkylation sites (N-methyl/N-ethyl adjacent to an activating group) is 1. The fourth-order valence-electron chi connectivity index (χ4n) is 6.50. The van der Waals surface area contributed by atoms with Gasteiger partial charge in [0.25, 0.3) is 0 Å². The van der Waals surface area contributed by atoms with Crippen molar-refractivity contribution in [1.29, 1.82) is 0 Å². The van der Waals surface area contributed by atoms with Gasteiger partial charge < -0.3 is 39.4 Å². The molecule has 1 saturated heterocycles.